The summed E-state index contributed by atoms with van der Waals surface area (Å²) in [6.45, 7) is -0.305. The van der Waals surface area contributed by atoms with E-state index in [2.05, 4.69) is 24.1 Å². The number of aliphatic hydroxyl groups excluding tert-OH is 1. The van der Waals surface area contributed by atoms with Gasteiger partial charge in [-0.2, -0.15) is 0 Å². The Kier molecular flexibility index (Phi) is 4.99. The van der Waals surface area contributed by atoms with Gasteiger partial charge in [0.1, 0.15) is 12.0 Å². The van der Waals surface area contributed by atoms with Crippen molar-refractivity contribution in [3.05, 3.63) is 40.3 Å². The van der Waals surface area contributed by atoms with Crippen LogP contribution in [0.2, 0.25) is 0 Å². The Morgan fingerprint density at radius 2 is 1.92 bits per heavy atom. The zero-order valence-electron chi connectivity index (χ0n) is 14.7. The van der Waals surface area contributed by atoms with E-state index in [-0.39, 0.29) is 18.7 Å². The molecule has 134 valence electrons. The second-order valence-corrected chi connectivity index (χ2v) is 7.56. The molecular weight excluding hydrogens is 320 g/mol. The summed E-state index contributed by atoms with van der Waals surface area (Å²) >= 11 is 0. The molecule has 2 heterocycles. The number of benzene rings is 1. The summed E-state index contributed by atoms with van der Waals surface area (Å²) in [7, 11) is 4.53. The van der Waals surface area contributed by atoms with Crippen LogP contribution in [0.4, 0.5) is 5.69 Å². The molecule has 2 fully saturated rings. The molecule has 1 N–H and O–H groups in total. The molecule has 7 heteroatoms. The molecule has 2 saturated heterocycles. The number of nitrogens with zero attached hydrogens (tertiary/aromatic N) is 4. The van der Waals surface area contributed by atoms with Gasteiger partial charge in [-0.3, -0.25) is 4.79 Å². The van der Waals surface area contributed by atoms with Gasteiger partial charge in [-0.25, -0.2) is 0 Å². The van der Waals surface area contributed by atoms with Gasteiger partial charge in [0.2, 0.25) is 0 Å². The summed E-state index contributed by atoms with van der Waals surface area (Å²) in [5.74, 6) is -1.09. The van der Waals surface area contributed by atoms with Crippen LogP contribution < -0.4 is 0 Å². The lowest BCUT2D eigenvalue weighted by atomic mass is 9.96. The molecule has 0 saturated carbocycles. The average Bonchev–Trinajstić information content (AvgIpc) is 2.76. The first kappa shape index (κ1) is 17.7. The maximum absolute atomic E-state index is 12.6. The van der Waals surface area contributed by atoms with Gasteiger partial charge in [0.05, 0.1) is 32.8 Å². The van der Waals surface area contributed by atoms with Crippen molar-refractivity contribution in [3.8, 4) is 0 Å². The second-order valence-electron chi connectivity index (χ2n) is 7.56. The van der Waals surface area contributed by atoms with E-state index in [0.29, 0.717) is 23.3 Å². The monoisotopic (exact) mass is 345 g/mol. The first-order valence-electron chi connectivity index (χ1n) is 8.75. The summed E-state index contributed by atoms with van der Waals surface area (Å²) in [4.78, 5) is 15.3. The van der Waals surface area contributed by atoms with E-state index in [9.17, 15) is 9.90 Å². The van der Waals surface area contributed by atoms with Crippen molar-refractivity contribution in [2.45, 2.75) is 49.8 Å². The fourth-order valence-electron chi connectivity index (χ4n) is 4.31. The number of esters is 1. The molecule has 0 aromatic heterocycles. The molecule has 3 atom stereocenters. The number of fused-ring (bicyclic) bond motifs is 2. The van der Waals surface area contributed by atoms with Crippen molar-refractivity contribution < 1.29 is 19.1 Å². The van der Waals surface area contributed by atoms with Crippen LogP contribution >= 0.6 is 0 Å². The van der Waals surface area contributed by atoms with E-state index < -0.39 is 5.92 Å². The third kappa shape index (κ3) is 3.49. The quantitative estimate of drug-likeness (QED) is 0.292. The van der Waals surface area contributed by atoms with E-state index in [4.69, 9.17) is 10.3 Å². The van der Waals surface area contributed by atoms with Crippen molar-refractivity contribution in [1.82, 2.24) is 0 Å². The molecule has 7 nitrogen and oxygen atoms in total. The molecule has 2 aliphatic heterocycles. The van der Waals surface area contributed by atoms with E-state index in [0.717, 1.165) is 17.3 Å². The number of hydrogen-bond acceptors (Lipinski definition) is 4. The number of quaternary nitrogens is 1. The van der Waals surface area contributed by atoms with E-state index in [1.807, 2.05) is 0 Å². The van der Waals surface area contributed by atoms with Crippen LogP contribution in [0.5, 0.6) is 0 Å². The van der Waals surface area contributed by atoms with Gasteiger partial charge in [0.15, 0.2) is 0 Å². The molecule has 3 unspecified atom stereocenters. The first-order valence-corrected chi connectivity index (χ1v) is 8.75. The Balaban J connectivity index is 1.66. The highest BCUT2D eigenvalue weighted by molar-refractivity contribution is 5.78. The van der Waals surface area contributed by atoms with Gasteiger partial charge >= 0.3 is 5.97 Å². The van der Waals surface area contributed by atoms with Crippen molar-refractivity contribution >= 4 is 11.7 Å². The Hall–Kier alpha value is -2.08. The smallest absolute Gasteiger partial charge is 0.316 e. The number of aliphatic hydroxyl groups is 1. The standard InChI is InChI=1S/C18H25N4O3/c1-22(2)14-7-8-15(22)10-16(9-14)25-18(24)17(11-23)12-3-5-13(6-4-12)20-21-19/h3-6,14-17,23H,7-11H2,1-2H3/q+1. The van der Waals surface area contributed by atoms with Crippen LogP contribution in [0.25, 0.3) is 10.4 Å². The molecule has 0 aliphatic carbocycles. The lowest BCUT2D eigenvalue weighted by Crippen LogP contribution is -2.56. The third-order valence-electron chi connectivity index (χ3n) is 5.99. The topological polar surface area (TPSA) is 95.3 Å². The fraction of sp³-hybridized carbons (Fsp3) is 0.611. The highest BCUT2D eigenvalue weighted by Crippen LogP contribution is 2.40. The summed E-state index contributed by atoms with van der Waals surface area (Å²) in [5, 5.41) is 13.2. The van der Waals surface area contributed by atoms with E-state index in [1.165, 1.54) is 12.8 Å². The Morgan fingerprint density at radius 1 is 1.32 bits per heavy atom. The number of carbonyl (C=O) groups is 1. The molecule has 1 aromatic rings. The normalized spacial score (nSPS) is 28.0. The third-order valence-corrected chi connectivity index (χ3v) is 5.99. The van der Waals surface area contributed by atoms with Crippen LogP contribution in [0.3, 0.4) is 0 Å². The van der Waals surface area contributed by atoms with E-state index >= 15 is 0 Å². The van der Waals surface area contributed by atoms with Crippen LogP contribution in [0, 0.1) is 0 Å². The molecule has 25 heavy (non-hydrogen) atoms. The summed E-state index contributed by atoms with van der Waals surface area (Å²) in [5.41, 5.74) is 9.58. The minimum absolute atomic E-state index is 0.0623. The molecular formula is C18H25N4O3+. The van der Waals surface area contributed by atoms with E-state index in [1.54, 1.807) is 24.3 Å². The predicted octanol–water partition coefficient (Wildman–Crippen LogP) is 3.02. The molecule has 0 amide bonds. The Bertz CT molecular complexity index is 666. The van der Waals surface area contributed by atoms with Gasteiger partial charge in [-0.1, -0.05) is 29.4 Å². The van der Waals surface area contributed by atoms with Crippen LogP contribution in [0.1, 0.15) is 37.2 Å². The number of ether oxygens (including phenoxy) is 1. The Labute approximate surface area is 147 Å². The second kappa shape index (κ2) is 7.04. The summed E-state index contributed by atoms with van der Waals surface area (Å²) < 4.78 is 6.79. The zero-order chi connectivity index (χ0) is 18.0. The fourth-order valence-corrected chi connectivity index (χ4v) is 4.31. The van der Waals surface area contributed by atoms with Crippen molar-refractivity contribution in [3.63, 3.8) is 0 Å². The molecule has 3 rings (SSSR count). The van der Waals surface area contributed by atoms with Gasteiger partial charge in [-0.05, 0) is 11.1 Å². The highest BCUT2D eigenvalue weighted by Gasteiger charge is 2.50. The molecule has 2 aliphatic rings. The number of azide groups is 1. The minimum atomic E-state index is -0.706. The van der Waals surface area contributed by atoms with Gasteiger partial charge in [-0.15, -0.1) is 0 Å². The van der Waals surface area contributed by atoms with Crippen molar-refractivity contribution in [2.75, 3.05) is 20.7 Å². The summed E-state index contributed by atoms with van der Waals surface area (Å²) in [6, 6.07) is 7.74. The van der Waals surface area contributed by atoms with Gasteiger partial charge in [0, 0.05) is 36.3 Å². The number of rotatable bonds is 5. The summed E-state index contributed by atoms with van der Waals surface area (Å²) in [6.07, 6.45) is 4.10. The van der Waals surface area contributed by atoms with Gasteiger partial charge in [0.25, 0.3) is 0 Å². The lowest BCUT2D eigenvalue weighted by molar-refractivity contribution is -0.931. The molecule has 1 aromatic carbocycles. The van der Waals surface area contributed by atoms with Crippen molar-refractivity contribution in [1.29, 1.82) is 0 Å². The largest absolute Gasteiger partial charge is 0.461 e. The minimum Gasteiger partial charge on any atom is -0.461 e. The van der Waals surface area contributed by atoms with Crippen LogP contribution in [-0.2, 0) is 9.53 Å². The van der Waals surface area contributed by atoms with Crippen LogP contribution in [0.15, 0.2) is 29.4 Å². The SMILES string of the molecule is C[N+]1(C)C2CCC1CC(OC(=O)C(CO)c1ccc(N=[N+]=[N-])cc1)C2. The number of piperidine rings is 1. The molecule has 2 bridgehead atoms. The average molecular weight is 345 g/mol. The first-order chi connectivity index (χ1) is 12.0. The Morgan fingerprint density at radius 3 is 2.44 bits per heavy atom. The van der Waals surface area contributed by atoms with Crippen molar-refractivity contribution in [2.24, 2.45) is 5.11 Å². The molecule has 0 radical (unpaired) electrons. The lowest BCUT2D eigenvalue weighted by Gasteiger charge is -2.44. The predicted molar refractivity (Wildman–Crippen MR) is 93.1 cm³/mol. The van der Waals surface area contributed by atoms with Crippen LogP contribution in [-0.4, -0.2) is 54.4 Å². The maximum Gasteiger partial charge on any atom is 0.316 e. The van der Waals surface area contributed by atoms with Gasteiger partial charge < -0.3 is 14.3 Å². The highest BCUT2D eigenvalue weighted by atomic mass is 16.5. The number of carbonyl (C=O) groups excluding carboxylic acids is 1. The molecule has 0 spiro atoms. The maximum atomic E-state index is 12.6. The number of hydrogen-bond donors (Lipinski definition) is 1. The zero-order valence-corrected chi connectivity index (χ0v) is 14.7.